The molecule has 106 valence electrons. The fraction of sp³-hybridized carbons (Fsp3) is 0.583. The fourth-order valence-corrected chi connectivity index (χ4v) is 1.45. The molecule has 0 bridgehead atoms. The van der Waals surface area contributed by atoms with Crippen molar-refractivity contribution in [2.24, 2.45) is 0 Å². The molecular formula is C12H19N3O4. The smallest absolute Gasteiger partial charge is 0.311 e. The van der Waals surface area contributed by atoms with Gasteiger partial charge >= 0.3 is 5.69 Å². The molecule has 0 saturated heterocycles. The Morgan fingerprint density at radius 3 is 2.84 bits per heavy atom. The monoisotopic (exact) mass is 269 g/mol. The van der Waals surface area contributed by atoms with Crippen LogP contribution in [0.2, 0.25) is 0 Å². The third-order valence-electron chi connectivity index (χ3n) is 2.36. The van der Waals surface area contributed by atoms with Crippen LogP contribution in [0, 0.1) is 10.1 Å². The van der Waals surface area contributed by atoms with Crippen LogP contribution in [0.5, 0.6) is 5.88 Å². The van der Waals surface area contributed by atoms with Gasteiger partial charge in [-0.15, -0.1) is 0 Å². The van der Waals surface area contributed by atoms with Gasteiger partial charge < -0.3 is 14.8 Å². The maximum absolute atomic E-state index is 10.9. The van der Waals surface area contributed by atoms with E-state index in [0.29, 0.717) is 19.0 Å². The zero-order valence-electron chi connectivity index (χ0n) is 11.2. The quantitative estimate of drug-likeness (QED) is 0.420. The highest BCUT2D eigenvalue weighted by Crippen LogP contribution is 2.24. The minimum absolute atomic E-state index is 0.0599. The number of pyridine rings is 1. The molecule has 19 heavy (non-hydrogen) atoms. The number of methoxy groups -OCH3 is 1. The van der Waals surface area contributed by atoms with Crippen LogP contribution in [-0.2, 0) is 4.74 Å². The topological polar surface area (TPSA) is 86.5 Å². The van der Waals surface area contributed by atoms with E-state index in [1.807, 2.05) is 6.92 Å². The lowest BCUT2D eigenvalue weighted by atomic mass is 10.3. The normalized spacial score (nSPS) is 10.2. The number of aromatic nitrogens is 1. The Balaban J connectivity index is 2.52. The second-order valence-electron chi connectivity index (χ2n) is 3.87. The van der Waals surface area contributed by atoms with E-state index in [4.69, 9.17) is 9.47 Å². The van der Waals surface area contributed by atoms with Crippen LogP contribution in [0.15, 0.2) is 12.1 Å². The van der Waals surface area contributed by atoms with Crippen molar-refractivity contribution in [3.05, 3.63) is 22.2 Å². The molecule has 7 nitrogen and oxygen atoms in total. The molecule has 0 spiro atoms. The second-order valence-corrected chi connectivity index (χ2v) is 3.87. The van der Waals surface area contributed by atoms with Crippen molar-refractivity contribution in [1.29, 1.82) is 0 Å². The van der Waals surface area contributed by atoms with Gasteiger partial charge in [0.2, 0.25) is 11.7 Å². The molecule has 1 aromatic rings. The largest absolute Gasteiger partial charge is 0.481 e. The molecule has 0 fully saturated rings. The number of nitro groups is 1. The van der Waals surface area contributed by atoms with Crippen LogP contribution in [0.1, 0.15) is 19.8 Å². The number of rotatable bonds is 9. The first kappa shape index (κ1) is 15.2. The van der Waals surface area contributed by atoms with Gasteiger partial charge in [-0.1, -0.05) is 6.92 Å². The van der Waals surface area contributed by atoms with Gasteiger partial charge in [0.1, 0.15) is 0 Å². The summed E-state index contributed by atoms with van der Waals surface area (Å²) in [6.45, 7) is 3.96. The van der Waals surface area contributed by atoms with E-state index in [1.165, 1.54) is 19.2 Å². The maximum Gasteiger partial charge on any atom is 0.311 e. The van der Waals surface area contributed by atoms with Gasteiger partial charge in [-0.05, 0) is 12.8 Å². The number of anilines is 1. The predicted octanol–water partition coefficient (Wildman–Crippen LogP) is 2.23. The lowest BCUT2D eigenvalue weighted by molar-refractivity contribution is -0.384. The number of hydrogen-bond donors (Lipinski definition) is 1. The third-order valence-corrected chi connectivity index (χ3v) is 2.36. The van der Waals surface area contributed by atoms with E-state index in [9.17, 15) is 10.1 Å². The first-order valence-corrected chi connectivity index (χ1v) is 6.20. The molecular weight excluding hydrogens is 250 g/mol. The number of hydrogen-bond acceptors (Lipinski definition) is 6. The fourth-order valence-electron chi connectivity index (χ4n) is 1.45. The highest BCUT2D eigenvalue weighted by Gasteiger charge is 2.15. The zero-order valence-corrected chi connectivity index (χ0v) is 11.2. The first-order valence-electron chi connectivity index (χ1n) is 6.20. The van der Waals surface area contributed by atoms with Crippen LogP contribution in [0.4, 0.5) is 11.5 Å². The summed E-state index contributed by atoms with van der Waals surface area (Å²) in [5.41, 5.74) is -0.0599. The van der Waals surface area contributed by atoms with Crippen molar-refractivity contribution in [3.63, 3.8) is 0 Å². The highest BCUT2D eigenvalue weighted by atomic mass is 16.6. The molecule has 7 heteroatoms. The van der Waals surface area contributed by atoms with Crippen molar-refractivity contribution >= 4 is 11.5 Å². The summed E-state index contributed by atoms with van der Waals surface area (Å²) in [4.78, 5) is 14.4. The van der Waals surface area contributed by atoms with Gasteiger partial charge in [-0.25, -0.2) is 0 Å². The number of ether oxygens (including phenoxy) is 2. The molecule has 0 unspecified atom stereocenters. The lowest BCUT2D eigenvalue weighted by Gasteiger charge is -2.07. The zero-order chi connectivity index (χ0) is 14.1. The Labute approximate surface area is 112 Å². The van der Waals surface area contributed by atoms with E-state index in [1.54, 1.807) is 0 Å². The molecule has 0 amide bonds. The van der Waals surface area contributed by atoms with E-state index in [-0.39, 0.29) is 11.5 Å². The first-order chi connectivity index (χ1) is 9.19. The molecule has 1 aromatic heterocycles. The Kier molecular flexibility index (Phi) is 6.59. The minimum atomic E-state index is -0.470. The molecule has 0 aliphatic rings. The van der Waals surface area contributed by atoms with Crippen molar-refractivity contribution in [3.8, 4) is 5.88 Å². The predicted molar refractivity (Wildman–Crippen MR) is 71.7 cm³/mol. The molecule has 0 aromatic carbocycles. The van der Waals surface area contributed by atoms with Gasteiger partial charge in [0.25, 0.3) is 0 Å². The van der Waals surface area contributed by atoms with Crippen LogP contribution >= 0.6 is 0 Å². The molecule has 1 heterocycles. The van der Waals surface area contributed by atoms with Gasteiger partial charge in [0.15, 0.2) is 0 Å². The number of nitrogens with one attached hydrogen (secondary N) is 1. The Morgan fingerprint density at radius 1 is 1.42 bits per heavy atom. The molecule has 0 aliphatic carbocycles. The van der Waals surface area contributed by atoms with Crippen molar-refractivity contribution in [1.82, 2.24) is 4.98 Å². The molecule has 1 rings (SSSR count). The summed E-state index contributed by atoms with van der Waals surface area (Å²) < 4.78 is 10.3. The van der Waals surface area contributed by atoms with Crippen molar-refractivity contribution < 1.29 is 14.4 Å². The van der Waals surface area contributed by atoms with Crippen molar-refractivity contribution in [2.45, 2.75) is 19.8 Å². The average Bonchev–Trinajstić information content (AvgIpc) is 2.42. The van der Waals surface area contributed by atoms with E-state index in [0.717, 1.165) is 19.4 Å². The summed E-state index contributed by atoms with van der Waals surface area (Å²) in [6, 6.07) is 2.84. The van der Waals surface area contributed by atoms with Crippen LogP contribution < -0.4 is 10.1 Å². The Bertz CT molecular complexity index is 412. The highest BCUT2D eigenvalue weighted by molar-refractivity contribution is 5.56. The maximum atomic E-state index is 10.9. The SMILES string of the molecule is CCCOCCCNc1nc(OC)ccc1[N+](=O)[O-]. The van der Waals surface area contributed by atoms with Gasteiger partial charge in [-0.3, -0.25) is 10.1 Å². The standard InChI is InChI=1S/C12H19N3O4/c1-3-8-19-9-4-7-13-12-10(15(16)17)5-6-11(14-12)18-2/h5-6H,3-4,7-9H2,1-2H3,(H,13,14). The van der Waals surface area contributed by atoms with Crippen LogP contribution in [-0.4, -0.2) is 36.8 Å². The summed E-state index contributed by atoms with van der Waals surface area (Å²) in [6.07, 6.45) is 1.74. The van der Waals surface area contributed by atoms with Gasteiger partial charge in [0.05, 0.1) is 12.0 Å². The average molecular weight is 269 g/mol. The second kappa shape index (κ2) is 8.25. The van der Waals surface area contributed by atoms with E-state index >= 15 is 0 Å². The lowest BCUT2D eigenvalue weighted by Crippen LogP contribution is -2.09. The molecule has 0 saturated carbocycles. The molecule has 0 aliphatic heterocycles. The minimum Gasteiger partial charge on any atom is -0.481 e. The third kappa shape index (κ3) is 5.09. The van der Waals surface area contributed by atoms with Crippen LogP contribution in [0.25, 0.3) is 0 Å². The molecule has 0 radical (unpaired) electrons. The van der Waals surface area contributed by atoms with E-state index < -0.39 is 4.92 Å². The Hall–Kier alpha value is -1.89. The van der Waals surface area contributed by atoms with E-state index in [2.05, 4.69) is 10.3 Å². The van der Waals surface area contributed by atoms with Gasteiger partial charge in [0, 0.05) is 31.9 Å². The van der Waals surface area contributed by atoms with Gasteiger partial charge in [-0.2, -0.15) is 4.98 Å². The summed E-state index contributed by atoms with van der Waals surface area (Å²) in [7, 11) is 1.47. The van der Waals surface area contributed by atoms with Crippen LogP contribution in [0.3, 0.4) is 0 Å². The number of nitrogens with zero attached hydrogens (tertiary/aromatic N) is 2. The summed E-state index contributed by atoms with van der Waals surface area (Å²) >= 11 is 0. The molecule has 0 atom stereocenters. The summed E-state index contributed by atoms with van der Waals surface area (Å²) in [5, 5.41) is 13.8. The van der Waals surface area contributed by atoms with Crippen molar-refractivity contribution in [2.75, 3.05) is 32.2 Å². The summed E-state index contributed by atoms with van der Waals surface area (Å²) in [5.74, 6) is 0.565. The molecule has 1 N–H and O–H groups in total. The Morgan fingerprint density at radius 2 is 2.21 bits per heavy atom.